The lowest BCUT2D eigenvalue weighted by Gasteiger charge is -2.11. The average molecular weight is 292 g/mol. The Bertz CT molecular complexity index is 654. The van der Waals surface area contributed by atoms with Crippen LogP contribution in [0.3, 0.4) is 0 Å². The first-order valence-corrected chi connectivity index (χ1v) is 6.02. The van der Waals surface area contributed by atoms with Crippen LogP contribution in [0.5, 0.6) is 0 Å². The third kappa shape index (κ3) is 2.69. The van der Waals surface area contributed by atoms with E-state index in [-0.39, 0.29) is 11.1 Å². The van der Waals surface area contributed by atoms with Crippen LogP contribution in [0, 0.1) is 0 Å². The van der Waals surface area contributed by atoms with Gasteiger partial charge in [-0.3, -0.25) is 24.1 Å². The van der Waals surface area contributed by atoms with Crippen molar-refractivity contribution in [2.75, 3.05) is 11.9 Å². The number of anilines is 1. The predicted molar refractivity (Wildman–Crippen MR) is 70.2 cm³/mol. The normalized spacial score (nSPS) is 14.8. The van der Waals surface area contributed by atoms with Crippen LogP contribution in [0.25, 0.3) is 0 Å². The Kier molecular flexibility index (Phi) is 3.62. The lowest BCUT2D eigenvalue weighted by molar-refractivity contribution is -0.138. The number of fused-ring (bicyclic) bond motifs is 1. The van der Waals surface area contributed by atoms with Gasteiger partial charge in [-0.2, -0.15) is 0 Å². The predicted octanol–water partition coefficient (Wildman–Crippen LogP) is 0.252. The lowest BCUT2D eigenvalue weighted by Crippen LogP contribution is -2.34. The molecule has 0 saturated carbocycles. The molecule has 0 bridgehead atoms. The number of nitrogens with one attached hydrogen (secondary N) is 1. The van der Waals surface area contributed by atoms with Crippen LogP contribution >= 0.6 is 0 Å². The SMILES string of the molecule is CC(Nc1ccc2c(c1)C(=O)N(CC(=O)O)C2=O)C(=O)O. The topological polar surface area (TPSA) is 124 Å². The number of imide groups is 1. The Morgan fingerprint density at radius 3 is 2.38 bits per heavy atom. The van der Waals surface area contributed by atoms with Gasteiger partial charge in [0.15, 0.2) is 0 Å². The highest BCUT2D eigenvalue weighted by Crippen LogP contribution is 2.26. The summed E-state index contributed by atoms with van der Waals surface area (Å²) in [7, 11) is 0. The number of aliphatic carboxylic acids is 2. The minimum absolute atomic E-state index is 0.0591. The van der Waals surface area contributed by atoms with E-state index in [1.54, 1.807) is 0 Å². The minimum Gasteiger partial charge on any atom is -0.480 e. The second-order valence-corrected chi connectivity index (χ2v) is 4.55. The summed E-state index contributed by atoms with van der Waals surface area (Å²) >= 11 is 0. The number of benzene rings is 1. The molecule has 1 heterocycles. The summed E-state index contributed by atoms with van der Waals surface area (Å²) in [6, 6.07) is 3.31. The van der Waals surface area contributed by atoms with E-state index >= 15 is 0 Å². The van der Waals surface area contributed by atoms with E-state index in [1.165, 1.54) is 25.1 Å². The van der Waals surface area contributed by atoms with Crippen molar-refractivity contribution < 1.29 is 29.4 Å². The Morgan fingerprint density at radius 2 is 1.81 bits per heavy atom. The fraction of sp³-hybridized carbons (Fsp3) is 0.231. The summed E-state index contributed by atoms with van der Waals surface area (Å²) in [4.78, 5) is 46.0. The number of amides is 2. The van der Waals surface area contributed by atoms with Crippen LogP contribution in [0.2, 0.25) is 0 Å². The van der Waals surface area contributed by atoms with Gasteiger partial charge < -0.3 is 15.5 Å². The number of carboxylic acid groups (broad SMARTS) is 2. The maximum Gasteiger partial charge on any atom is 0.325 e. The molecular formula is C13H12N2O6. The number of hydrogen-bond acceptors (Lipinski definition) is 5. The minimum atomic E-state index is -1.29. The molecule has 1 unspecified atom stereocenters. The highest BCUT2D eigenvalue weighted by Gasteiger charge is 2.36. The Morgan fingerprint density at radius 1 is 1.19 bits per heavy atom. The van der Waals surface area contributed by atoms with Gasteiger partial charge in [-0.1, -0.05) is 0 Å². The summed E-state index contributed by atoms with van der Waals surface area (Å²) in [5, 5.41) is 20.2. The van der Waals surface area contributed by atoms with Gasteiger partial charge in [0.1, 0.15) is 12.6 Å². The molecule has 0 spiro atoms. The van der Waals surface area contributed by atoms with E-state index in [4.69, 9.17) is 10.2 Å². The summed E-state index contributed by atoms with van der Waals surface area (Å²) < 4.78 is 0. The monoisotopic (exact) mass is 292 g/mol. The average Bonchev–Trinajstić information content (AvgIpc) is 2.63. The molecular weight excluding hydrogens is 280 g/mol. The van der Waals surface area contributed by atoms with Gasteiger partial charge in [0.25, 0.3) is 11.8 Å². The first-order valence-electron chi connectivity index (χ1n) is 6.02. The molecule has 3 N–H and O–H groups in total. The van der Waals surface area contributed by atoms with E-state index in [0.29, 0.717) is 10.6 Å². The fourth-order valence-electron chi connectivity index (χ4n) is 1.97. The van der Waals surface area contributed by atoms with Crippen LogP contribution in [0.1, 0.15) is 27.6 Å². The molecule has 2 rings (SSSR count). The van der Waals surface area contributed by atoms with E-state index in [9.17, 15) is 19.2 Å². The molecule has 0 aromatic heterocycles. The number of carboxylic acids is 2. The van der Waals surface area contributed by atoms with E-state index in [0.717, 1.165) is 0 Å². The molecule has 1 aromatic carbocycles. The maximum atomic E-state index is 12.0. The van der Waals surface area contributed by atoms with E-state index < -0.39 is 36.3 Å². The van der Waals surface area contributed by atoms with Crippen molar-refractivity contribution in [3.05, 3.63) is 29.3 Å². The molecule has 0 aliphatic carbocycles. The van der Waals surface area contributed by atoms with Crippen LogP contribution in [-0.4, -0.2) is 51.5 Å². The van der Waals surface area contributed by atoms with Gasteiger partial charge in [-0.05, 0) is 25.1 Å². The first kappa shape index (κ1) is 14.5. The van der Waals surface area contributed by atoms with Crippen molar-refractivity contribution in [2.24, 2.45) is 0 Å². The molecule has 0 fully saturated rings. The number of carbonyl (C=O) groups excluding carboxylic acids is 2. The molecule has 8 heteroatoms. The van der Waals surface area contributed by atoms with Gasteiger partial charge in [-0.15, -0.1) is 0 Å². The van der Waals surface area contributed by atoms with Gasteiger partial charge in [-0.25, -0.2) is 0 Å². The quantitative estimate of drug-likeness (QED) is 0.664. The summed E-state index contributed by atoms with van der Waals surface area (Å²) in [5.41, 5.74) is 0.528. The van der Waals surface area contributed by atoms with Crippen LogP contribution in [0.4, 0.5) is 5.69 Å². The van der Waals surface area contributed by atoms with Crippen molar-refractivity contribution in [3.8, 4) is 0 Å². The zero-order valence-corrected chi connectivity index (χ0v) is 11.0. The van der Waals surface area contributed by atoms with Gasteiger partial charge in [0, 0.05) is 5.69 Å². The van der Waals surface area contributed by atoms with Crippen molar-refractivity contribution in [3.63, 3.8) is 0 Å². The van der Waals surface area contributed by atoms with Crippen molar-refractivity contribution in [1.82, 2.24) is 4.90 Å². The third-order valence-corrected chi connectivity index (χ3v) is 3.02. The van der Waals surface area contributed by atoms with Crippen molar-refractivity contribution in [2.45, 2.75) is 13.0 Å². The van der Waals surface area contributed by atoms with Gasteiger partial charge >= 0.3 is 11.9 Å². The third-order valence-electron chi connectivity index (χ3n) is 3.02. The van der Waals surface area contributed by atoms with E-state index in [2.05, 4.69) is 5.32 Å². The van der Waals surface area contributed by atoms with E-state index in [1.807, 2.05) is 0 Å². The second-order valence-electron chi connectivity index (χ2n) is 4.55. The van der Waals surface area contributed by atoms with Gasteiger partial charge in [0.05, 0.1) is 11.1 Å². The summed E-state index contributed by atoms with van der Waals surface area (Å²) in [5.74, 6) is -3.73. The Hall–Kier alpha value is -2.90. The highest BCUT2D eigenvalue weighted by atomic mass is 16.4. The number of carbonyl (C=O) groups is 4. The van der Waals surface area contributed by atoms with Crippen molar-refractivity contribution >= 4 is 29.4 Å². The summed E-state index contributed by atoms with van der Waals surface area (Å²) in [6.07, 6.45) is 0. The van der Waals surface area contributed by atoms with Crippen LogP contribution in [-0.2, 0) is 9.59 Å². The smallest absolute Gasteiger partial charge is 0.325 e. The van der Waals surface area contributed by atoms with Gasteiger partial charge in [0.2, 0.25) is 0 Å². The molecule has 2 amide bonds. The molecule has 1 aliphatic heterocycles. The molecule has 1 aromatic rings. The fourth-order valence-corrected chi connectivity index (χ4v) is 1.97. The zero-order valence-electron chi connectivity index (χ0n) is 11.0. The largest absolute Gasteiger partial charge is 0.480 e. The first-order chi connectivity index (χ1) is 9.81. The molecule has 1 atom stereocenters. The van der Waals surface area contributed by atoms with Crippen LogP contribution in [0.15, 0.2) is 18.2 Å². The molecule has 8 nitrogen and oxygen atoms in total. The highest BCUT2D eigenvalue weighted by molar-refractivity contribution is 6.22. The molecule has 1 aliphatic rings. The number of nitrogens with zero attached hydrogens (tertiary/aromatic N) is 1. The second kappa shape index (κ2) is 5.23. The summed E-state index contributed by atoms with van der Waals surface area (Å²) in [6.45, 7) is 0.722. The zero-order chi connectivity index (χ0) is 15.7. The van der Waals surface area contributed by atoms with Crippen LogP contribution < -0.4 is 5.32 Å². The molecule has 0 saturated heterocycles. The Labute approximate surface area is 119 Å². The number of rotatable bonds is 5. The maximum absolute atomic E-state index is 12.0. The number of hydrogen-bond donors (Lipinski definition) is 3. The Balaban J connectivity index is 2.29. The molecule has 0 radical (unpaired) electrons. The molecule has 21 heavy (non-hydrogen) atoms. The molecule has 110 valence electrons. The lowest BCUT2D eigenvalue weighted by atomic mass is 10.1. The standard InChI is InChI=1S/C13H12N2O6/c1-6(13(20)21)14-7-2-3-8-9(4-7)12(19)15(11(8)18)5-10(16)17/h2-4,6,14H,5H2,1H3,(H,16,17)(H,20,21). The van der Waals surface area contributed by atoms with Crippen molar-refractivity contribution in [1.29, 1.82) is 0 Å².